The van der Waals surface area contributed by atoms with Gasteiger partial charge in [-0.1, -0.05) is 194 Å². The van der Waals surface area contributed by atoms with E-state index in [1.807, 2.05) is 0 Å². The number of nitrogens with one attached hydrogen (secondary N) is 1. The molecule has 0 spiro atoms. The molecule has 0 aromatic rings. The summed E-state index contributed by atoms with van der Waals surface area (Å²) >= 11 is 0. The third-order valence-corrected chi connectivity index (χ3v) is 9.56. The van der Waals surface area contributed by atoms with Crippen LogP contribution in [0.3, 0.4) is 0 Å². The van der Waals surface area contributed by atoms with Crippen molar-refractivity contribution in [3.8, 4) is 0 Å². The minimum atomic E-state index is -0.274. The molecular formula is C41H83NO4. The fourth-order valence-electron chi connectivity index (χ4n) is 6.45. The molecule has 5 heteroatoms. The molecule has 276 valence electrons. The van der Waals surface area contributed by atoms with E-state index in [9.17, 15) is 4.79 Å². The first-order chi connectivity index (χ1) is 22.7. The van der Waals surface area contributed by atoms with E-state index in [2.05, 4.69) is 19.2 Å². The summed E-state index contributed by atoms with van der Waals surface area (Å²) in [5.41, 5.74) is 0. The quantitative estimate of drug-likeness (QED) is 0.0671. The summed E-state index contributed by atoms with van der Waals surface area (Å²) in [6.45, 7) is 7.52. The number of ether oxygens (including phenoxy) is 3. The largest absolute Gasteiger partial charge is 0.449 e. The second-order valence-corrected chi connectivity index (χ2v) is 14.1. The van der Waals surface area contributed by atoms with E-state index in [1.165, 1.54) is 193 Å². The number of methoxy groups -OCH3 is 1. The molecule has 5 nitrogen and oxygen atoms in total. The Morgan fingerprint density at radius 3 is 1.20 bits per heavy atom. The van der Waals surface area contributed by atoms with Crippen molar-refractivity contribution in [1.82, 2.24) is 5.32 Å². The zero-order valence-corrected chi connectivity index (χ0v) is 31.7. The Bertz CT molecular complexity index is 541. The molecule has 0 unspecified atom stereocenters. The van der Waals surface area contributed by atoms with Gasteiger partial charge in [0.2, 0.25) is 0 Å². The number of amides is 1. The fourth-order valence-corrected chi connectivity index (χ4v) is 6.45. The monoisotopic (exact) mass is 654 g/mol. The van der Waals surface area contributed by atoms with Gasteiger partial charge in [0.25, 0.3) is 0 Å². The van der Waals surface area contributed by atoms with Crippen LogP contribution in [0.15, 0.2) is 0 Å². The van der Waals surface area contributed by atoms with Gasteiger partial charge in [0.15, 0.2) is 0 Å². The Balaban J connectivity index is 4.01. The number of carbonyl (C=O) groups excluding carboxylic acids is 1. The smallest absolute Gasteiger partial charge is 0.407 e. The van der Waals surface area contributed by atoms with E-state index in [4.69, 9.17) is 14.2 Å². The second-order valence-electron chi connectivity index (χ2n) is 14.1. The number of hydrogen-bond donors (Lipinski definition) is 1. The minimum absolute atomic E-state index is 0.274. The maximum absolute atomic E-state index is 12.3. The first kappa shape index (κ1) is 45.2. The fraction of sp³-hybridized carbons (Fsp3) is 0.976. The van der Waals surface area contributed by atoms with E-state index in [0.717, 1.165) is 13.0 Å². The molecule has 0 aliphatic rings. The molecule has 46 heavy (non-hydrogen) atoms. The molecule has 0 saturated carbocycles. The summed E-state index contributed by atoms with van der Waals surface area (Å²) in [6, 6.07) is 0. The zero-order chi connectivity index (χ0) is 33.4. The van der Waals surface area contributed by atoms with Crippen LogP contribution in [-0.4, -0.2) is 46.2 Å². The van der Waals surface area contributed by atoms with Gasteiger partial charge in [0.1, 0.15) is 0 Å². The molecular weight excluding hydrogens is 570 g/mol. The lowest BCUT2D eigenvalue weighted by molar-refractivity contribution is 0.0595. The van der Waals surface area contributed by atoms with Crippen LogP contribution in [0.25, 0.3) is 0 Å². The second kappa shape index (κ2) is 40.4. The molecule has 0 aliphatic heterocycles. The van der Waals surface area contributed by atoms with Crippen LogP contribution in [0, 0.1) is 5.92 Å². The molecule has 1 amide bonds. The maximum atomic E-state index is 12.3. The summed E-state index contributed by atoms with van der Waals surface area (Å²) < 4.78 is 15.8. The molecule has 0 rings (SSSR count). The van der Waals surface area contributed by atoms with Crippen LogP contribution in [0.2, 0.25) is 0 Å². The predicted molar refractivity (Wildman–Crippen MR) is 200 cm³/mol. The molecule has 0 aromatic carbocycles. The molecule has 0 radical (unpaired) electrons. The summed E-state index contributed by atoms with van der Waals surface area (Å²) in [4.78, 5) is 12.3. The predicted octanol–water partition coefficient (Wildman–Crippen LogP) is 13.1. The van der Waals surface area contributed by atoms with E-state index >= 15 is 0 Å². The van der Waals surface area contributed by atoms with Crippen molar-refractivity contribution >= 4 is 6.09 Å². The Hall–Kier alpha value is -0.810. The summed E-state index contributed by atoms with van der Waals surface area (Å²) in [6.07, 6.45) is 42.1. The summed E-state index contributed by atoms with van der Waals surface area (Å²) in [7, 11) is 1.67. The van der Waals surface area contributed by atoms with Crippen molar-refractivity contribution in [3.05, 3.63) is 0 Å². The Morgan fingerprint density at radius 1 is 0.457 bits per heavy atom. The van der Waals surface area contributed by atoms with Gasteiger partial charge in [0, 0.05) is 26.7 Å². The van der Waals surface area contributed by atoms with Gasteiger partial charge in [0.05, 0.1) is 19.8 Å². The van der Waals surface area contributed by atoms with Gasteiger partial charge >= 0.3 is 6.09 Å². The van der Waals surface area contributed by atoms with Crippen LogP contribution < -0.4 is 5.32 Å². The highest BCUT2D eigenvalue weighted by Gasteiger charge is 2.11. The first-order valence-corrected chi connectivity index (χ1v) is 20.7. The Kier molecular flexibility index (Phi) is 39.7. The first-order valence-electron chi connectivity index (χ1n) is 20.7. The summed E-state index contributed by atoms with van der Waals surface area (Å²) in [5, 5.41) is 3.07. The van der Waals surface area contributed by atoms with E-state index in [-0.39, 0.29) is 6.09 Å². The molecule has 1 N–H and O–H groups in total. The third kappa shape index (κ3) is 37.6. The van der Waals surface area contributed by atoms with Gasteiger partial charge in [-0.15, -0.1) is 0 Å². The van der Waals surface area contributed by atoms with Crippen molar-refractivity contribution in [2.75, 3.05) is 40.1 Å². The molecule has 0 saturated heterocycles. The van der Waals surface area contributed by atoms with Crippen LogP contribution in [-0.2, 0) is 14.2 Å². The maximum Gasteiger partial charge on any atom is 0.407 e. The normalized spacial score (nSPS) is 11.5. The van der Waals surface area contributed by atoms with Gasteiger partial charge < -0.3 is 19.5 Å². The number of carbonyl (C=O) groups is 1. The van der Waals surface area contributed by atoms with E-state index in [0.29, 0.717) is 32.3 Å². The molecule has 0 heterocycles. The van der Waals surface area contributed by atoms with E-state index in [1.54, 1.807) is 7.11 Å². The lowest BCUT2D eigenvalue weighted by atomic mass is 9.94. The van der Waals surface area contributed by atoms with Gasteiger partial charge in [-0.25, -0.2) is 4.79 Å². The van der Waals surface area contributed by atoms with Crippen LogP contribution in [0.1, 0.15) is 213 Å². The van der Waals surface area contributed by atoms with Crippen molar-refractivity contribution < 1.29 is 19.0 Å². The molecule has 0 aromatic heterocycles. The van der Waals surface area contributed by atoms with Crippen LogP contribution in [0.4, 0.5) is 4.79 Å². The number of rotatable bonds is 39. The summed E-state index contributed by atoms with van der Waals surface area (Å²) in [5.74, 6) is 0.569. The molecule has 0 atom stereocenters. The van der Waals surface area contributed by atoms with Crippen LogP contribution in [0.5, 0.6) is 0 Å². The topological polar surface area (TPSA) is 56.8 Å². The van der Waals surface area contributed by atoms with Crippen molar-refractivity contribution in [1.29, 1.82) is 0 Å². The Labute approximate surface area is 288 Å². The van der Waals surface area contributed by atoms with Gasteiger partial charge in [-0.3, -0.25) is 0 Å². The molecule has 0 bridgehead atoms. The standard InChI is InChI=1S/C41H83NO4/c1-4-6-8-10-12-14-16-18-20-22-24-26-28-30-33-40(39-42-41(43)46-36-32-35-45-38-37-44-3)34-31-29-27-25-23-21-19-17-15-13-11-9-7-5-2/h40H,4-39H2,1-3H3,(H,42,43). The molecule has 0 aliphatic carbocycles. The van der Waals surface area contributed by atoms with Crippen molar-refractivity contribution in [2.24, 2.45) is 5.92 Å². The van der Waals surface area contributed by atoms with E-state index < -0.39 is 0 Å². The molecule has 0 fully saturated rings. The van der Waals surface area contributed by atoms with Crippen molar-refractivity contribution in [3.63, 3.8) is 0 Å². The SMILES string of the molecule is CCCCCCCCCCCCCCCCC(CCCCCCCCCCCCCCCC)CNC(=O)OCCCOCCOC. The number of hydrogen-bond acceptors (Lipinski definition) is 4. The lowest BCUT2D eigenvalue weighted by Gasteiger charge is -2.18. The average Bonchev–Trinajstić information content (AvgIpc) is 3.06. The highest BCUT2D eigenvalue weighted by atomic mass is 16.6. The minimum Gasteiger partial charge on any atom is -0.449 e. The average molecular weight is 654 g/mol. The Morgan fingerprint density at radius 2 is 0.826 bits per heavy atom. The van der Waals surface area contributed by atoms with Gasteiger partial charge in [-0.05, 0) is 18.8 Å². The van der Waals surface area contributed by atoms with Crippen molar-refractivity contribution in [2.45, 2.75) is 213 Å². The highest BCUT2D eigenvalue weighted by Crippen LogP contribution is 2.20. The lowest BCUT2D eigenvalue weighted by Crippen LogP contribution is -2.30. The van der Waals surface area contributed by atoms with Crippen LogP contribution >= 0.6 is 0 Å². The number of unbranched alkanes of at least 4 members (excludes halogenated alkanes) is 26. The zero-order valence-electron chi connectivity index (χ0n) is 31.7. The number of alkyl carbamates (subject to hydrolysis) is 1. The third-order valence-electron chi connectivity index (χ3n) is 9.56. The highest BCUT2D eigenvalue weighted by molar-refractivity contribution is 5.67. The van der Waals surface area contributed by atoms with Gasteiger partial charge in [-0.2, -0.15) is 0 Å².